The van der Waals surface area contributed by atoms with Crippen molar-refractivity contribution in [1.29, 1.82) is 0 Å². The third kappa shape index (κ3) is 4.65. The minimum Gasteiger partial charge on any atom is -0.351 e. The molecule has 0 aliphatic carbocycles. The van der Waals surface area contributed by atoms with Crippen LogP contribution in [0.25, 0.3) is 0 Å². The van der Waals surface area contributed by atoms with Crippen LogP contribution in [0.15, 0.2) is 12.3 Å². The van der Waals surface area contributed by atoms with Gasteiger partial charge in [0.1, 0.15) is 5.69 Å². The second kappa shape index (κ2) is 8.07. The van der Waals surface area contributed by atoms with E-state index in [1.54, 1.807) is 12.3 Å². The molecule has 2 saturated heterocycles. The van der Waals surface area contributed by atoms with Crippen LogP contribution in [0, 0.1) is 0 Å². The third-order valence-electron chi connectivity index (χ3n) is 4.56. The summed E-state index contributed by atoms with van der Waals surface area (Å²) in [5.74, 6) is 0.0184. The number of nitrogens with zero attached hydrogens (tertiary/aromatic N) is 4. The zero-order chi connectivity index (χ0) is 17.7. The first-order chi connectivity index (χ1) is 12.1. The molecule has 0 aromatic carbocycles. The zero-order valence-electron chi connectivity index (χ0n) is 15.0. The number of anilines is 1. The van der Waals surface area contributed by atoms with Crippen molar-refractivity contribution >= 4 is 11.9 Å². The van der Waals surface area contributed by atoms with E-state index in [4.69, 9.17) is 9.47 Å². The fourth-order valence-electron chi connectivity index (χ4n) is 3.15. The Bertz CT molecular complexity index is 579. The van der Waals surface area contributed by atoms with Gasteiger partial charge in [-0.1, -0.05) is 0 Å². The number of hydrogen-bond acceptors (Lipinski definition) is 7. The van der Waals surface area contributed by atoms with Crippen LogP contribution in [0.1, 0.15) is 29.8 Å². The summed E-state index contributed by atoms with van der Waals surface area (Å²) >= 11 is 0. The van der Waals surface area contributed by atoms with E-state index in [1.807, 2.05) is 14.1 Å². The topological polar surface area (TPSA) is 79.8 Å². The molecule has 0 saturated carbocycles. The van der Waals surface area contributed by atoms with Crippen LogP contribution in [0.3, 0.4) is 0 Å². The summed E-state index contributed by atoms with van der Waals surface area (Å²) in [5, 5.41) is 2.91. The highest BCUT2D eigenvalue weighted by molar-refractivity contribution is 5.92. The molecule has 3 rings (SSSR count). The van der Waals surface area contributed by atoms with Gasteiger partial charge in [0.2, 0.25) is 5.95 Å². The number of ether oxygens (including phenoxy) is 2. The molecule has 0 unspecified atom stereocenters. The van der Waals surface area contributed by atoms with Gasteiger partial charge in [-0.15, -0.1) is 0 Å². The quantitative estimate of drug-likeness (QED) is 0.749. The molecular formula is C17H27N5O3. The predicted octanol–water partition coefficient (Wildman–Crippen LogP) is 0.501. The van der Waals surface area contributed by atoms with E-state index in [0.29, 0.717) is 31.4 Å². The van der Waals surface area contributed by atoms with Crippen molar-refractivity contribution in [1.82, 2.24) is 20.2 Å². The van der Waals surface area contributed by atoms with Crippen LogP contribution in [-0.2, 0) is 9.47 Å². The summed E-state index contributed by atoms with van der Waals surface area (Å²) < 4.78 is 11.5. The summed E-state index contributed by atoms with van der Waals surface area (Å²) in [7, 11) is 4.03. The average Bonchev–Trinajstić information content (AvgIpc) is 3.07. The molecule has 2 aliphatic heterocycles. The Morgan fingerprint density at radius 2 is 2.04 bits per heavy atom. The molecule has 1 amide bonds. The molecule has 0 atom stereocenters. The van der Waals surface area contributed by atoms with Gasteiger partial charge in [0.25, 0.3) is 5.91 Å². The standard InChI is InChI=1S/C17H27N5O3/c1-21(2)9-3-7-18-15(23)14-4-8-19-16(20-14)22-10-5-17(6-11-22)24-12-13-25-17/h4,8H,3,5-7,9-13H2,1-2H3,(H,18,23). The van der Waals surface area contributed by atoms with Crippen molar-refractivity contribution in [2.45, 2.75) is 25.0 Å². The largest absolute Gasteiger partial charge is 0.351 e. The second-order valence-electron chi connectivity index (χ2n) is 6.75. The molecule has 2 aliphatic rings. The van der Waals surface area contributed by atoms with Gasteiger partial charge in [-0.3, -0.25) is 4.79 Å². The van der Waals surface area contributed by atoms with Gasteiger partial charge < -0.3 is 24.6 Å². The van der Waals surface area contributed by atoms with Crippen molar-refractivity contribution in [3.63, 3.8) is 0 Å². The summed E-state index contributed by atoms with van der Waals surface area (Å²) in [4.78, 5) is 25.2. The maximum atomic E-state index is 12.3. The van der Waals surface area contributed by atoms with E-state index in [0.717, 1.165) is 38.9 Å². The molecule has 2 fully saturated rings. The zero-order valence-corrected chi connectivity index (χ0v) is 15.0. The monoisotopic (exact) mass is 349 g/mol. The summed E-state index contributed by atoms with van der Waals surface area (Å²) in [6, 6.07) is 1.65. The number of carbonyl (C=O) groups is 1. The van der Waals surface area contributed by atoms with Crippen molar-refractivity contribution in [3.05, 3.63) is 18.0 Å². The Kier molecular flexibility index (Phi) is 5.82. The minimum absolute atomic E-state index is 0.154. The third-order valence-corrected chi connectivity index (χ3v) is 4.56. The molecule has 25 heavy (non-hydrogen) atoms. The van der Waals surface area contributed by atoms with Crippen LogP contribution < -0.4 is 10.2 Å². The van der Waals surface area contributed by atoms with E-state index >= 15 is 0 Å². The van der Waals surface area contributed by atoms with Crippen molar-refractivity contribution < 1.29 is 14.3 Å². The number of nitrogens with one attached hydrogen (secondary N) is 1. The first-order valence-electron chi connectivity index (χ1n) is 8.87. The fourth-order valence-corrected chi connectivity index (χ4v) is 3.15. The number of amides is 1. The van der Waals surface area contributed by atoms with E-state index in [-0.39, 0.29) is 5.91 Å². The number of piperidine rings is 1. The first kappa shape index (κ1) is 18.0. The average molecular weight is 349 g/mol. The molecule has 0 bridgehead atoms. The first-order valence-corrected chi connectivity index (χ1v) is 8.87. The Labute approximate surface area is 148 Å². The van der Waals surface area contributed by atoms with Gasteiger partial charge in [-0.2, -0.15) is 0 Å². The van der Waals surface area contributed by atoms with E-state index in [2.05, 4.69) is 25.1 Å². The Morgan fingerprint density at radius 1 is 1.32 bits per heavy atom. The number of carbonyl (C=O) groups excluding carboxylic acids is 1. The van der Waals surface area contributed by atoms with Crippen LogP contribution in [-0.4, -0.2) is 80.1 Å². The Balaban J connectivity index is 1.53. The maximum absolute atomic E-state index is 12.3. The smallest absolute Gasteiger partial charge is 0.270 e. The lowest BCUT2D eigenvalue weighted by Gasteiger charge is -2.37. The summed E-state index contributed by atoms with van der Waals surface area (Å²) in [6.07, 6.45) is 4.13. The van der Waals surface area contributed by atoms with Crippen molar-refractivity contribution in [2.24, 2.45) is 0 Å². The maximum Gasteiger partial charge on any atom is 0.270 e. The lowest BCUT2D eigenvalue weighted by Crippen LogP contribution is -2.45. The molecule has 1 N–H and O–H groups in total. The highest BCUT2D eigenvalue weighted by atomic mass is 16.7. The van der Waals surface area contributed by atoms with Gasteiger partial charge in [0, 0.05) is 38.7 Å². The molecule has 3 heterocycles. The second-order valence-corrected chi connectivity index (χ2v) is 6.75. The molecule has 138 valence electrons. The van der Waals surface area contributed by atoms with Gasteiger partial charge >= 0.3 is 0 Å². The summed E-state index contributed by atoms with van der Waals surface area (Å²) in [6.45, 7) is 4.42. The van der Waals surface area contributed by atoms with Gasteiger partial charge in [0.15, 0.2) is 5.79 Å². The molecule has 1 spiro atoms. The molecule has 8 nitrogen and oxygen atoms in total. The Morgan fingerprint density at radius 3 is 2.72 bits per heavy atom. The molecule has 8 heteroatoms. The molecule has 0 radical (unpaired) electrons. The van der Waals surface area contributed by atoms with Gasteiger partial charge in [0.05, 0.1) is 13.2 Å². The van der Waals surface area contributed by atoms with Crippen molar-refractivity contribution in [2.75, 3.05) is 58.4 Å². The van der Waals surface area contributed by atoms with Crippen LogP contribution >= 0.6 is 0 Å². The van der Waals surface area contributed by atoms with E-state index in [1.165, 1.54) is 0 Å². The molecular weight excluding hydrogens is 322 g/mol. The van der Waals surface area contributed by atoms with Crippen molar-refractivity contribution in [3.8, 4) is 0 Å². The number of hydrogen-bond donors (Lipinski definition) is 1. The SMILES string of the molecule is CN(C)CCCNC(=O)c1ccnc(N2CCC3(CC2)OCCO3)n1. The number of rotatable bonds is 6. The lowest BCUT2D eigenvalue weighted by atomic mass is 10.0. The Hall–Kier alpha value is -1.77. The molecule has 1 aromatic heterocycles. The highest BCUT2D eigenvalue weighted by Gasteiger charge is 2.40. The normalized spacial score (nSPS) is 19.6. The van der Waals surface area contributed by atoms with E-state index in [9.17, 15) is 4.79 Å². The number of aromatic nitrogens is 2. The predicted molar refractivity (Wildman–Crippen MR) is 93.6 cm³/mol. The summed E-state index contributed by atoms with van der Waals surface area (Å²) in [5.41, 5.74) is 0.406. The fraction of sp³-hybridized carbons (Fsp3) is 0.706. The minimum atomic E-state index is -0.419. The van der Waals surface area contributed by atoms with Crippen LogP contribution in [0.5, 0.6) is 0 Å². The van der Waals surface area contributed by atoms with Crippen LogP contribution in [0.4, 0.5) is 5.95 Å². The van der Waals surface area contributed by atoms with E-state index < -0.39 is 5.79 Å². The lowest BCUT2D eigenvalue weighted by molar-refractivity contribution is -0.169. The van der Waals surface area contributed by atoms with Gasteiger partial charge in [-0.25, -0.2) is 9.97 Å². The van der Waals surface area contributed by atoms with Crippen LogP contribution in [0.2, 0.25) is 0 Å². The molecule has 1 aromatic rings. The van der Waals surface area contributed by atoms with Gasteiger partial charge in [-0.05, 0) is 33.1 Å². The highest BCUT2D eigenvalue weighted by Crippen LogP contribution is 2.32.